The molecule has 7 heteroatoms. The molecule has 17 heavy (non-hydrogen) atoms. The first kappa shape index (κ1) is 18.7. The van der Waals surface area contributed by atoms with Crippen LogP contribution in [0.5, 0.6) is 0 Å². The zero-order valence-corrected chi connectivity index (χ0v) is 11.8. The van der Waals surface area contributed by atoms with Crippen LogP contribution in [-0.2, 0) is 30.0 Å². The van der Waals surface area contributed by atoms with Gasteiger partial charge in [0.25, 0.3) is 5.91 Å². The molecule has 0 rings (SSSR count). The Morgan fingerprint density at radius 1 is 1.35 bits per heavy atom. The molecule has 0 aliphatic carbocycles. The van der Waals surface area contributed by atoms with Crippen LogP contribution in [-0.4, -0.2) is 36.9 Å². The molecule has 0 saturated heterocycles. The number of carbonyl (C=O) groups excluding carboxylic acids is 2. The van der Waals surface area contributed by atoms with E-state index in [1.54, 1.807) is 20.9 Å². The Balaban J connectivity index is 0. The van der Waals surface area contributed by atoms with Gasteiger partial charge in [-0.3, -0.25) is 9.59 Å². The summed E-state index contributed by atoms with van der Waals surface area (Å²) < 4.78 is 0. The Labute approximate surface area is 115 Å². The molecule has 2 amide bonds. The molecule has 1 unspecified atom stereocenters. The van der Waals surface area contributed by atoms with Gasteiger partial charge >= 0.3 is 0 Å². The average molecular weight is 335 g/mol. The zero-order valence-electron chi connectivity index (χ0n) is 10.2. The number of amides is 2. The maximum absolute atomic E-state index is 11.4. The average Bonchev–Trinajstić information content (AvgIpc) is 2.24. The molecule has 102 valence electrons. The third-order valence-corrected chi connectivity index (χ3v) is 2.45. The number of carbonyl (C=O) groups is 2. The summed E-state index contributed by atoms with van der Waals surface area (Å²) in [5, 5.41) is 2.40. The van der Waals surface area contributed by atoms with Crippen LogP contribution in [0.3, 0.4) is 0 Å². The van der Waals surface area contributed by atoms with Crippen molar-refractivity contribution in [2.75, 3.05) is 20.1 Å². The normalized spacial score (nSPS) is 11.6. The number of hydrogen-bond acceptors (Lipinski definition) is 3. The number of nitrogens with zero attached hydrogens (tertiary/aromatic N) is 2. The summed E-state index contributed by atoms with van der Waals surface area (Å²) in [6.45, 7) is 3.81. The Hall–Kier alpha value is -0.638. The van der Waals surface area contributed by atoms with Gasteiger partial charge in [0.2, 0.25) is 5.91 Å². The molecule has 0 radical (unpaired) electrons. The van der Waals surface area contributed by atoms with Gasteiger partial charge < -0.3 is 10.6 Å². The summed E-state index contributed by atoms with van der Waals surface area (Å²) in [5.74, 6) is -1.52. The van der Waals surface area contributed by atoms with Crippen molar-refractivity contribution in [3.63, 3.8) is 0 Å². The van der Waals surface area contributed by atoms with E-state index in [4.69, 9.17) is 5.73 Å². The monoisotopic (exact) mass is 334 g/mol. The molecule has 1 N–H and O–H groups in total. The van der Waals surface area contributed by atoms with Gasteiger partial charge in [-0.2, -0.15) is 0 Å². The minimum Gasteiger partial charge on any atom is -0.677 e. The van der Waals surface area contributed by atoms with Crippen LogP contribution in [0.25, 0.3) is 5.73 Å². The van der Waals surface area contributed by atoms with Crippen LogP contribution in [0.2, 0.25) is 0 Å². The Kier molecular flexibility index (Phi) is 10.3. The number of nitroso groups, excluding NO2 is 1. The van der Waals surface area contributed by atoms with Gasteiger partial charge in [-0.05, 0) is 5.92 Å². The molecule has 0 bridgehead atoms. The van der Waals surface area contributed by atoms with Crippen molar-refractivity contribution in [1.29, 1.82) is 0 Å². The van der Waals surface area contributed by atoms with Crippen LogP contribution >= 0.6 is 0 Å². The quantitative estimate of drug-likeness (QED) is 0.543. The molecule has 0 aliphatic rings. The van der Waals surface area contributed by atoms with E-state index in [-0.39, 0.29) is 51.8 Å². The molecule has 0 aromatic carbocycles. The fourth-order valence-corrected chi connectivity index (χ4v) is 1.34. The van der Waals surface area contributed by atoms with E-state index in [1.807, 2.05) is 0 Å². The van der Waals surface area contributed by atoms with E-state index in [9.17, 15) is 14.5 Å². The van der Waals surface area contributed by atoms with Crippen molar-refractivity contribution < 1.29 is 30.0 Å². The third-order valence-electron chi connectivity index (χ3n) is 2.45. The van der Waals surface area contributed by atoms with Crippen molar-refractivity contribution in [2.24, 2.45) is 17.0 Å². The number of nitrogens with one attached hydrogen (secondary N) is 1. The van der Waals surface area contributed by atoms with Gasteiger partial charge in [0.15, 0.2) is 0 Å². The Morgan fingerprint density at radius 2 is 1.88 bits per heavy atom. The minimum atomic E-state index is -0.722. The third kappa shape index (κ3) is 6.62. The van der Waals surface area contributed by atoms with Crippen molar-refractivity contribution >= 4 is 11.8 Å². The molecule has 0 aromatic heterocycles. The SMILES string of the molecule is CC(C)C(CN(C)C(=O)CC[NH-])C(=O)N=O.[Pd]. The summed E-state index contributed by atoms with van der Waals surface area (Å²) in [6.07, 6.45) is 0.129. The molecule has 1 atom stereocenters. The van der Waals surface area contributed by atoms with Crippen LogP contribution in [0.4, 0.5) is 0 Å². The smallest absolute Gasteiger partial charge is 0.291 e. The second-order valence-corrected chi connectivity index (χ2v) is 4.05. The predicted molar refractivity (Wildman–Crippen MR) is 60.6 cm³/mol. The molecular formula is C10H18N3O3Pd-. The number of hydrogen-bond donors (Lipinski definition) is 0. The second-order valence-electron chi connectivity index (χ2n) is 4.05. The first-order valence-electron chi connectivity index (χ1n) is 5.19. The van der Waals surface area contributed by atoms with E-state index in [1.165, 1.54) is 4.90 Å². The minimum absolute atomic E-state index is 0. The summed E-state index contributed by atoms with van der Waals surface area (Å²) in [4.78, 5) is 34.2. The molecule has 0 fully saturated rings. The molecule has 0 spiro atoms. The second kappa shape index (κ2) is 9.40. The van der Waals surface area contributed by atoms with E-state index in [2.05, 4.69) is 5.18 Å². The van der Waals surface area contributed by atoms with Crippen molar-refractivity contribution in [1.82, 2.24) is 4.90 Å². The predicted octanol–water partition coefficient (Wildman–Crippen LogP) is 1.45. The van der Waals surface area contributed by atoms with Crippen molar-refractivity contribution in [2.45, 2.75) is 20.3 Å². The van der Waals surface area contributed by atoms with Crippen LogP contribution in [0, 0.1) is 16.7 Å². The van der Waals surface area contributed by atoms with Crippen molar-refractivity contribution in [3.05, 3.63) is 10.6 Å². The largest absolute Gasteiger partial charge is 0.677 e. The summed E-state index contributed by atoms with van der Waals surface area (Å²) in [6, 6.07) is 0. The van der Waals surface area contributed by atoms with Crippen LogP contribution in [0.15, 0.2) is 5.18 Å². The fourth-order valence-electron chi connectivity index (χ4n) is 1.34. The molecule has 0 heterocycles. The molecule has 0 aliphatic heterocycles. The van der Waals surface area contributed by atoms with Gasteiger partial charge in [0.05, 0.1) is 5.92 Å². The van der Waals surface area contributed by atoms with E-state index < -0.39 is 11.8 Å². The van der Waals surface area contributed by atoms with Gasteiger partial charge in [-0.25, -0.2) is 0 Å². The molecular weight excluding hydrogens is 317 g/mol. The molecule has 0 saturated carbocycles. The molecule has 0 aromatic rings. The first-order chi connectivity index (χ1) is 7.43. The summed E-state index contributed by atoms with van der Waals surface area (Å²) in [7, 11) is 1.56. The van der Waals surface area contributed by atoms with Crippen molar-refractivity contribution in [3.8, 4) is 0 Å². The molecule has 6 nitrogen and oxygen atoms in total. The first-order valence-corrected chi connectivity index (χ1v) is 5.19. The topological polar surface area (TPSA) is 90.6 Å². The standard InChI is InChI=1S/C10H18N3O3.Pd/c1-7(2)8(10(15)12-16)6-13(3)9(14)4-5-11;/h7-8,11H,4-6H2,1-3H3;/q-1;. The van der Waals surface area contributed by atoms with Crippen LogP contribution in [0.1, 0.15) is 20.3 Å². The van der Waals surface area contributed by atoms with E-state index in [0.29, 0.717) is 0 Å². The number of rotatable bonds is 6. The Morgan fingerprint density at radius 3 is 2.24 bits per heavy atom. The van der Waals surface area contributed by atoms with Gasteiger partial charge in [0, 0.05) is 45.6 Å². The van der Waals surface area contributed by atoms with Gasteiger partial charge in [-0.1, -0.05) is 13.8 Å². The Bertz CT molecular complexity index is 272. The zero-order chi connectivity index (χ0) is 12.7. The summed E-state index contributed by atoms with van der Waals surface area (Å²) >= 11 is 0. The maximum Gasteiger partial charge on any atom is 0.291 e. The van der Waals surface area contributed by atoms with E-state index >= 15 is 0 Å². The van der Waals surface area contributed by atoms with Gasteiger partial charge in [0.1, 0.15) is 0 Å². The fraction of sp³-hybridized carbons (Fsp3) is 0.800. The van der Waals surface area contributed by atoms with E-state index in [0.717, 1.165) is 0 Å². The maximum atomic E-state index is 11.4. The van der Waals surface area contributed by atoms with Gasteiger partial charge in [-0.15, -0.1) is 11.5 Å². The summed E-state index contributed by atoms with van der Waals surface area (Å²) in [5.41, 5.74) is 6.93. The van der Waals surface area contributed by atoms with Crippen LogP contribution < -0.4 is 0 Å².